The quantitative estimate of drug-likeness (QED) is 0.712. The predicted molar refractivity (Wildman–Crippen MR) is 104 cm³/mol. The van der Waals surface area contributed by atoms with E-state index in [0.29, 0.717) is 22.6 Å². The van der Waals surface area contributed by atoms with Gasteiger partial charge in [-0.15, -0.1) is 0 Å². The first-order valence-corrected chi connectivity index (χ1v) is 8.61. The summed E-state index contributed by atoms with van der Waals surface area (Å²) in [6.07, 6.45) is 0. The molecule has 1 aliphatic heterocycles. The summed E-state index contributed by atoms with van der Waals surface area (Å²) in [5.74, 6) is 0.700. The van der Waals surface area contributed by atoms with Crippen LogP contribution in [0.1, 0.15) is 0 Å². The number of thiocarbonyl (C=S) groups is 1. The van der Waals surface area contributed by atoms with Crippen LogP contribution in [0, 0.1) is 0 Å². The highest BCUT2D eigenvalue weighted by molar-refractivity contribution is 9.10. The molecule has 0 saturated carbocycles. The number of guanidine groups is 1. The summed E-state index contributed by atoms with van der Waals surface area (Å²) >= 11 is 15.2. The van der Waals surface area contributed by atoms with E-state index in [9.17, 15) is 0 Å². The van der Waals surface area contributed by atoms with Gasteiger partial charge in [-0.25, -0.2) is 0 Å². The van der Waals surface area contributed by atoms with Crippen LogP contribution < -0.4 is 10.6 Å². The summed E-state index contributed by atoms with van der Waals surface area (Å²) in [5, 5.41) is 7.72. The molecule has 0 saturated heterocycles. The normalized spacial score (nSPS) is 13.7. The molecule has 0 unspecified atom stereocenters. The topological polar surface area (TPSA) is 39.7 Å². The number of benzene rings is 2. The molecule has 0 aliphatic carbocycles. The summed E-state index contributed by atoms with van der Waals surface area (Å²) in [6, 6.07) is 15.4. The van der Waals surface area contributed by atoms with E-state index in [1.165, 1.54) is 0 Å². The molecular formula is C16H14BrClN4S. The zero-order chi connectivity index (χ0) is 16.2. The molecule has 0 atom stereocenters. The van der Waals surface area contributed by atoms with Crippen LogP contribution in [0.25, 0.3) is 0 Å². The number of aliphatic imine (C=N–C) groups is 1. The highest BCUT2D eigenvalue weighted by atomic mass is 79.9. The maximum Gasteiger partial charge on any atom is 0.204 e. The van der Waals surface area contributed by atoms with Gasteiger partial charge in [0.1, 0.15) is 0 Å². The zero-order valence-corrected chi connectivity index (χ0v) is 15.3. The summed E-state index contributed by atoms with van der Waals surface area (Å²) in [4.78, 5) is 6.40. The van der Waals surface area contributed by atoms with Crippen molar-refractivity contribution in [3.05, 3.63) is 58.0 Å². The predicted octanol–water partition coefficient (Wildman–Crippen LogP) is 4.58. The van der Waals surface area contributed by atoms with Gasteiger partial charge in [-0.2, -0.15) is 0 Å². The average Bonchev–Trinajstić information content (AvgIpc) is 2.98. The van der Waals surface area contributed by atoms with Crippen molar-refractivity contribution in [3.63, 3.8) is 0 Å². The molecule has 7 heteroatoms. The number of rotatable bonds is 2. The second kappa shape index (κ2) is 7.29. The summed E-state index contributed by atoms with van der Waals surface area (Å²) in [7, 11) is 0. The van der Waals surface area contributed by atoms with Crippen LogP contribution in [0.15, 0.2) is 58.0 Å². The van der Waals surface area contributed by atoms with E-state index in [4.69, 9.17) is 23.8 Å². The van der Waals surface area contributed by atoms with Crippen molar-refractivity contribution < 1.29 is 0 Å². The molecule has 1 aliphatic rings. The average molecular weight is 410 g/mol. The van der Waals surface area contributed by atoms with Crippen molar-refractivity contribution in [2.75, 3.05) is 23.7 Å². The molecule has 1 heterocycles. The van der Waals surface area contributed by atoms with E-state index in [0.717, 1.165) is 22.4 Å². The Kier molecular flexibility index (Phi) is 5.15. The maximum absolute atomic E-state index is 6.19. The highest BCUT2D eigenvalue weighted by Crippen LogP contribution is 2.22. The van der Waals surface area contributed by atoms with Gasteiger partial charge in [0.25, 0.3) is 0 Å². The van der Waals surface area contributed by atoms with Gasteiger partial charge in [0.2, 0.25) is 5.96 Å². The summed E-state index contributed by atoms with van der Waals surface area (Å²) in [5.41, 5.74) is 1.73. The van der Waals surface area contributed by atoms with Crippen molar-refractivity contribution in [3.8, 4) is 0 Å². The van der Waals surface area contributed by atoms with E-state index in [1.54, 1.807) is 0 Å². The standard InChI is InChI=1S/C16H14BrClN4S/c17-11-4-3-5-12(10-11)20-16(23)22-9-8-19-15(22)21-14-7-2-1-6-13(14)18/h1-7,10H,8-9H2,(H,19,21)(H,20,23). The Morgan fingerprint density at radius 3 is 2.83 bits per heavy atom. The Bertz CT molecular complexity index is 765. The van der Waals surface area contributed by atoms with Crippen molar-refractivity contribution in [1.82, 2.24) is 4.90 Å². The minimum Gasteiger partial charge on any atom is -0.332 e. The molecule has 2 aromatic rings. The molecule has 23 heavy (non-hydrogen) atoms. The lowest BCUT2D eigenvalue weighted by atomic mass is 10.3. The number of nitrogens with one attached hydrogen (secondary N) is 2. The smallest absolute Gasteiger partial charge is 0.204 e. The van der Waals surface area contributed by atoms with Crippen molar-refractivity contribution in [2.24, 2.45) is 4.99 Å². The molecule has 0 aromatic heterocycles. The number of para-hydroxylation sites is 1. The molecule has 2 N–H and O–H groups in total. The van der Waals surface area contributed by atoms with Crippen LogP contribution in [0.5, 0.6) is 0 Å². The zero-order valence-electron chi connectivity index (χ0n) is 12.1. The largest absolute Gasteiger partial charge is 0.332 e. The van der Waals surface area contributed by atoms with Gasteiger partial charge in [-0.3, -0.25) is 9.89 Å². The van der Waals surface area contributed by atoms with E-state index in [1.807, 2.05) is 53.4 Å². The number of nitrogens with zero attached hydrogens (tertiary/aromatic N) is 2. The van der Waals surface area contributed by atoms with Gasteiger partial charge in [-0.05, 0) is 42.5 Å². The summed E-state index contributed by atoms with van der Waals surface area (Å²) < 4.78 is 0.995. The molecule has 0 spiro atoms. The van der Waals surface area contributed by atoms with Gasteiger partial charge < -0.3 is 10.6 Å². The van der Waals surface area contributed by atoms with Crippen LogP contribution in [-0.2, 0) is 0 Å². The first kappa shape index (κ1) is 16.2. The molecule has 0 fully saturated rings. The Morgan fingerprint density at radius 2 is 2.04 bits per heavy atom. The lowest BCUT2D eigenvalue weighted by Crippen LogP contribution is -2.41. The third-order valence-corrected chi connectivity index (χ3v) is 4.43. The van der Waals surface area contributed by atoms with E-state index < -0.39 is 0 Å². The van der Waals surface area contributed by atoms with Crippen LogP contribution in [0.3, 0.4) is 0 Å². The summed E-state index contributed by atoms with van der Waals surface area (Å²) in [6.45, 7) is 1.42. The molecule has 3 rings (SSSR count). The third-order valence-electron chi connectivity index (χ3n) is 3.28. The van der Waals surface area contributed by atoms with Gasteiger partial charge in [0, 0.05) is 16.7 Å². The fourth-order valence-electron chi connectivity index (χ4n) is 2.19. The van der Waals surface area contributed by atoms with Crippen LogP contribution in [-0.4, -0.2) is 29.1 Å². The molecule has 0 amide bonds. The maximum atomic E-state index is 6.19. The minimum absolute atomic E-state index is 0.596. The molecule has 118 valence electrons. The van der Waals surface area contributed by atoms with E-state index in [2.05, 4.69) is 31.6 Å². The second-order valence-electron chi connectivity index (χ2n) is 4.90. The SMILES string of the molecule is S=C(Nc1cccc(Br)c1)N1CCN=C1Nc1ccccc1Cl. The van der Waals surface area contributed by atoms with Crippen molar-refractivity contribution in [2.45, 2.75) is 0 Å². The monoisotopic (exact) mass is 408 g/mol. The highest BCUT2D eigenvalue weighted by Gasteiger charge is 2.21. The minimum atomic E-state index is 0.596. The molecule has 0 bridgehead atoms. The fourth-order valence-corrected chi connectivity index (χ4v) is 3.07. The van der Waals surface area contributed by atoms with Gasteiger partial charge in [0.05, 0.1) is 17.3 Å². The number of hydrogen-bond acceptors (Lipinski definition) is 3. The molecular weight excluding hydrogens is 396 g/mol. The second-order valence-corrected chi connectivity index (χ2v) is 6.61. The van der Waals surface area contributed by atoms with Crippen molar-refractivity contribution in [1.29, 1.82) is 0 Å². The Morgan fingerprint density at radius 1 is 1.22 bits per heavy atom. The van der Waals surface area contributed by atoms with Gasteiger partial charge >= 0.3 is 0 Å². The molecule has 4 nitrogen and oxygen atoms in total. The van der Waals surface area contributed by atoms with Crippen LogP contribution in [0.4, 0.5) is 11.4 Å². The van der Waals surface area contributed by atoms with E-state index in [-0.39, 0.29) is 0 Å². The van der Waals surface area contributed by atoms with Crippen LogP contribution in [0.2, 0.25) is 5.02 Å². The first-order chi connectivity index (χ1) is 11.1. The van der Waals surface area contributed by atoms with Gasteiger partial charge in [-0.1, -0.05) is 45.7 Å². The Labute approximate surface area is 153 Å². The lowest BCUT2D eigenvalue weighted by molar-refractivity contribution is 0.674. The lowest BCUT2D eigenvalue weighted by Gasteiger charge is -2.23. The third kappa shape index (κ3) is 4.02. The molecule has 2 aromatic carbocycles. The Balaban J connectivity index is 1.71. The fraction of sp³-hybridized carbons (Fsp3) is 0.125. The number of anilines is 2. The molecule has 0 radical (unpaired) electrons. The number of hydrogen-bond donors (Lipinski definition) is 2. The Hall–Kier alpha value is -1.63. The van der Waals surface area contributed by atoms with E-state index >= 15 is 0 Å². The van der Waals surface area contributed by atoms with Gasteiger partial charge in [0.15, 0.2) is 5.11 Å². The first-order valence-electron chi connectivity index (χ1n) is 7.03. The van der Waals surface area contributed by atoms with Crippen LogP contribution >= 0.6 is 39.7 Å². The van der Waals surface area contributed by atoms with Crippen molar-refractivity contribution >= 4 is 62.2 Å². The number of halogens is 2.